The van der Waals surface area contributed by atoms with Gasteiger partial charge in [-0.1, -0.05) is 27.7 Å². The highest BCUT2D eigenvalue weighted by atomic mass is 16.5. The van der Waals surface area contributed by atoms with Crippen LogP contribution in [0, 0.1) is 11.8 Å². The summed E-state index contributed by atoms with van der Waals surface area (Å²) in [5.41, 5.74) is 16.1. The lowest BCUT2D eigenvalue weighted by atomic mass is 10.2. The summed E-state index contributed by atoms with van der Waals surface area (Å²) in [4.78, 5) is 69.0. The molecule has 6 aromatic heterocycles. The van der Waals surface area contributed by atoms with Crippen molar-refractivity contribution in [3.63, 3.8) is 0 Å². The van der Waals surface area contributed by atoms with Crippen molar-refractivity contribution in [1.29, 1.82) is 0 Å². The van der Waals surface area contributed by atoms with Crippen LogP contribution in [0.2, 0.25) is 0 Å². The standard InChI is InChI=1S/C23H32N10O2.C22H32N10O/c1-15(2)12-33-21-18(27-23(33)31-4-5-32(14-34)16(3)13-31)20(30-6-8-35-9-7-30)28-19(29-21)17-10-25-22(24)26-11-17;1-14(2)12-32-20-17(27-22(32)31-5-4-24-15(3)13-31)19(30-6-8-33-9-7-30)28-18(29-20)16-10-25-21(23)26-11-16/h10-11,14-16H,4-9,12-13H2,1-3H3,(H2,24,25,26);10-11,14-15,24H,4-9,12-13H2,1-3H3,(H2,23,25,26)/t16-;15-/m11/s1. The number of nitrogens with one attached hydrogen (secondary N) is 1. The van der Waals surface area contributed by atoms with Crippen molar-refractivity contribution in [1.82, 2.24) is 69.2 Å². The van der Waals surface area contributed by atoms with Crippen LogP contribution in [0.3, 0.4) is 0 Å². The molecule has 362 valence electrons. The number of hydrogen-bond donors (Lipinski definition) is 3. The maximum atomic E-state index is 11.4. The van der Waals surface area contributed by atoms with E-state index in [1.807, 2.05) is 4.90 Å². The zero-order valence-corrected chi connectivity index (χ0v) is 40.0. The van der Waals surface area contributed by atoms with E-state index < -0.39 is 0 Å². The second-order valence-corrected chi connectivity index (χ2v) is 18.7. The van der Waals surface area contributed by atoms with Gasteiger partial charge in [-0.25, -0.2) is 49.8 Å². The number of nitrogen functional groups attached to an aromatic ring is 2. The van der Waals surface area contributed by atoms with Crippen LogP contribution >= 0.6 is 0 Å². The third-order valence-electron chi connectivity index (χ3n) is 12.4. The summed E-state index contributed by atoms with van der Waals surface area (Å²) in [6, 6.07) is 0.499. The Morgan fingerprint density at radius 3 is 1.49 bits per heavy atom. The van der Waals surface area contributed by atoms with E-state index in [4.69, 9.17) is 50.8 Å². The van der Waals surface area contributed by atoms with Gasteiger partial charge in [0.25, 0.3) is 0 Å². The van der Waals surface area contributed by atoms with E-state index in [-0.39, 0.29) is 17.9 Å². The molecule has 0 aliphatic carbocycles. The second-order valence-electron chi connectivity index (χ2n) is 18.7. The molecule has 23 nitrogen and oxygen atoms in total. The van der Waals surface area contributed by atoms with Gasteiger partial charge in [-0.05, 0) is 25.7 Å². The molecular formula is C45H64N20O3. The Hall–Kier alpha value is -6.59. The smallest absolute Gasteiger partial charge is 0.219 e. The van der Waals surface area contributed by atoms with Crippen LogP contribution in [-0.4, -0.2) is 174 Å². The number of imidazole rings is 2. The maximum absolute atomic E-state index is 11.4. The quantitative estimate of drug-likeness (QED) is 0.157. The molecular weight excluding hydrogens is 869 g/mol. The Labute approximate surface area is 395 Å². The highest BCUT2D eigenvalue weighted by Crippen LogP contribution is 2.34. The van der Waals surface area contributed by atoms with Gasteiger partial charge in [0.2, 0.25) is 30.2 Å². The Morgan fingerprint density at radius 2 is 1.07 bits per heavy atom. The first-order valence-corrected chi connectivity index (χ1v) is 23.8. The van der Waals surface area contributed by atoms with E-state index in [0.717, 1.165) is 117 Å². The molecule has 10 rings (SSSR count). The maximum Gasteiger partial charge on any atom is 0.219 e. The largest absolute Gasteiger partial charge is 0.378 e. The van der Waals surface area contributed by atoms with E-state index in [2.05, 4.69) is 95.5 Å². The summed E-state index contributed by atoms with van der Waals surface area (Å²) in [5.74, 6) is 5.81. The van der Waals surface area contributed by atoms with E-state index >= 15 is 0 Å². The van der Waals surface area contributed by atoms with Gasteiger partial charge in [0, 0.05) is 115 Å². The first-order chi connectivity index (χ1) is 32.9. The molecule has 6 aromatic rings. The van der Waals surface area contributed by atoms with Crippen LogP contribution in [0.4, 0.5) is 35.4 Å². The number of nitrogens with zero attached hydrogens (tertiary/aromatic N) is 17. The van der Waals surface area contributed by atoms with Crippen LogP contribution in [0.1, 0.15) is 41.5 Å². The molecule has 0 spiro atoms. The van der Waals surface area contributed by atoms with Crippen molar-refractivity contribution < 1.29 is 14.3 Å². The normalized spacial score (nSPS) is 19.3. The lowest BCUT2D eigenvalue weighted by Gasteiger charge is -2.38. The van der Waals surface area contributed by atoms with E-state index in [1.54, 1.807) is 24.8 Å². The molecule has 68 heavy (non-hydrogen) atoms. The monoisotopic (exact) mass is 933 g/mol. The number of amides is 1. The highest BCUT2D eigenvalue weighted by Gasteiger charge is 2.31. The fourth-order valence-corrected chi connectivity index (χ4v) is 9.08. The number of morpholine rings is 2. The van der Waals surface area contributed by atoms with Gasteiger partial charge >= 0.3 is 0 Å². The molecule has 2 atom stereocenters. The number of carbonyl (C=O) groups is 1. The Morgan fingerprint density at radius 1 is 0.618 bits per heavy atom. The molecule has 0 unspecified atom stereocenters. The van der Waals surface area contributed by atoms with Gasteiger partial charge in [0.15, 0.2) is 45.6 Å². The second kappa shape index (κ2) is 20.3. The predicted octanol–water partition coefficient (Wildman–Crippen LogP) is 2.18. The Kier molecular flexibility index (Phi) is 13.9. The molecule has 23 heteroatoms. The van der Waals surface area contributed by atoms with E-state index in [1.165, 1.54) is 0 Å². The van der Waals surface area contributed by atoms with E-state index in [9.17, 15) is 4.79 Å². The molecule has 4 fully saturated rings. The average Bonchev–Trinajstić information content (AvgIpc) is 3.89. The van der Waals surface area contributed by atoms with Gasteiger partial charge in [-0.15, -0.1) is 0 Å². The van der Waals surface area contributed by atoms with Gasteiger partial charge in [-0.2, -0.15) is 0 Å². The first kappa shape index (κ1) is 46.5. The number of fused-ring (bicyclic) bond motifs is 2. The van der Waals surface area contributed by atoms with Crippen molar-refractivity contribution in [2.75, 3.05) is 123 Å². The van der Waals surface area contributed by atoms with Crippen LogP contribution in [0.5, 0.6) is 0 Å². The lowest BCUT2D eigenvalue weighted by Crippen LogP contribution is -2.52. The highest BCUT2D eigenvalue weighted by molar-refractivity contribution is 5.89. The number of anilines is 6. The Balaban J connectivity index is 0.000000170. The molecule has 4 saturated heterocycles. The number of aromatic nitrogens is 12. The first-order valence-electron chi connectivity index (χ1n) is 23.8. The molecule has 10 heterocycles. The van der Waals surface area contributed by atoms with Crippen molar-refractivity contribution in [2.24, 2.45) is 11.8 Å². The minimum Gasteiger partial charge on any atom is -0.378 e. The number of carbonyl (C=O) groups excluding carboxylic acids is 1. The SMILES string of the molecule is CC(C)Cn1c(N2CCN(C=O)[C@H](C)C2)nc2c(N3CCOCC3)nc(-c3cnc(N)nc3)nc21.CC(C)Cn1c(N2CCN[C@H](C)C2)nc2c(N3CCOCC3)nc(-c3cnc(N)nc3)nc21. The van der Waals surface area contributed by atoms with Crippen molar-refractivity contribution in [3.05, 3.63) is 24.8 Å². The van der Waals surface area contributed by atoms with Gasteiger partial charge in [-0.3, -0.25) is 13.9 Å². The summed E-state index contributed by atoms with van der Waals surface area (Å²) >= 11 is 0. The van der Waals surface area contributed by atoms with Crippen molar-refractivity contribution >= 4 is 64.2 Å². The third-order valence-corrected chi connectivity index (χ3v) is 12.4. The zero-order valence-electron chi connectivity index (χ0n) is 40.0. The third kappa shape index (κ3) is 9.99. The number of ether oxygens (including phenoxy) is 2. The predicted molar refractivity (Wildman–Crippen MR) is 261 cm³/mol. The zero-order chi connectivity index (χ0) is 47.5. The molecule has 0 aromatic carbocycles. The summed E-state index contributed by atoms with van der Waals surface area (Å²) < 4.78 is 15.6. The van der Waals surface area contributed by atoms with Crippen molar-refractivity contribution in [2.45, 2.75) is 66.7 Å². The lowest BCUT2D eigenvalue weighted by molar-refractivity contribution is -0.120. The molecule has 1 amide bonds. The molecule has 4 aliphatic heterocycles. The van der Waals surface area contributed by atoms with Crippen LogP contribution < -0.4 is 36.4 Å². The minimum atomic E-state index is 0.0980. The van der Waals surface area contributed by atoms with Gasteiger partial charge in [0.1, 0.15) is 0 Å². The molecule has 4 aliphatic rings. The molecule has 5 N–H and O–H groups in total. The van der Waals surface area contributed by atoms with E-state index in [0.29, 0.717) is 81.2 Å². The average molecular weight is 933 g/mol. The fraction of sp³-hybridized carbons (Fsp3) is 0.578. The number of hydrogen-bond acceptors (Lipinski definition) is 20. The molecule has 0 bridgehead atoms. The van der Waals surface area contributed by atoms with Crippen LogP contribution in [0.25, 0.3) is 45.1 Å². The summed E-state index contributed by atoms with van der Waals surface area (Å²) in [6.07, 6.45) is 7.58. The van der Waals surface area contributed by atoms with Gasteiger partial charge in [0.05, 0.1) is 37.6 Å². The van der Waals surface area contributed by atoms with Crippen molar-refractivity contribution in [3.8, 4) is 22.8 Å². The molecule has 0 radical (unpaired) electrons. The topological polar surface area (TPSA) is 255 Å². The summed E-state index contributed by atoms with van der Waals surface area (Å²) in [7, 11) is 0. The molecule has 0 saturated carbocycles. The fourth-order valence-electron chi connectivity index (χ4n) is 9.08. The van der Waals surface area contributed by atoms with Gasteiger partial charge < -0.3 is 50.8 Å². The summed E-state index contributed by atoms with van der Waals surface area (Å²) in [6.45, 7) is 25.1. The number of rotatable bonds is 11. The van der Waals surface area contributed by atoms with Crippen LogP contribution in [0.15, 0.2) is 24.8 Å². The number of nitrogens with two attached hydrogens (primary N) is 2. The Bertz CT molecular complexity index is 2660. The van der Waals surface area contributed by atoms with Crippen LogP contribution in [-0.2, 0) is 27.4 Å². The summed E-state index contributed by atoms with van der Waals surface area (Å²) in [5, 5.41) is 3.52. The number of piperazine rings is 2. The minimum absolute atomic E-state index is 0.0980.